The molecule has 1 aromatic carbocycles. The predicted molar refractivity (Wildman–Crippen MR) is 55.7 cm³/mol. The van der Waals surface area contributed by atoms with Crippen LogP contribution in [0.25, 0.3) is 6.08 Å². The highest BCUT2D eigenvalue weighted by atomic mass is 16.5. The SMILES string of the molecule is COC(=O)/C=C/c1cc(O)cc(OC)c1. The van der Waals surface area contributed by atoms with Crippen LogP contribution in [-0.4, -0.2) is 25.3 Å². The van der Waals surface area contributed by atoms with E-state index in [1.165, 1.54) is 38.5 Å². The van der Waals surface area contributed by atoms with Crippen molar-refractivity contribution in [2.45, 2.75) is 0 Å². The minimum absolute atomic E-state index is 0.0823. The number of benzene rings is 1. The lowest BCUT2D eigenvalue weighted by atomic mass is 10.2. The van der Waals surface area contributed by atoms with Crippen LogP contribution in [0.15, 0.2) is 24.3 Å². The van der Waals surface area contributed by atoms with Crippen LogP contribution in [0.1, 0.15) is 5.56 Å². The van der Waals surface area contributed by atoms with E-state index in [9.17, 15) is 9.90 Å². The summed E-state index contributed by atoms with van der Waals surface area (Å²) in [6, 6.07) is 4.69. The van der Waals surface area contributed by atoms with Gasteiger partial charge in [0.05, 0.1) is 14.2 Å². The molecule has 0 aromatic heterocycles. The van der Waals surface area contributed by atoms with Gasteiger partial charge < -0.3 is 14.6 Å². The van der Waals surface area contributed by atoms with E-state index in [0.717, 1.165) is 0 Å². The first-order valence-electron chi connectivity index (χ1n) is 4.30. The first-order chi connectivity index (χ1) is 7.15. The molecule has 80 valence electrons. The van der Waals surface area contributed by atoms with Crippen LogP contribution in [0.4, 0.5) is 0 Å². The molecule has 0 atom stereocenters. The van der Waals surface area contributed by atoms with Crippen molar-refractivity contribution in [1.29, 1.82) is 0 Å². The highest BCUT2D eigenvalue weighted by molar-refractivity contribution is 5.87. The molecule has 0 fully saturated rings. The number of carbonyl (C=O) groups excluding carboxylic acids is 1. The summed E-state index contributed by atoms with van der Waals surface area (Å²) >= 11 is 0. The summed E-state index contributed by atoms with van der Waals surface area (Å²) in [6.07, 6.45) is 2.81. The minimum Gasteiger partial charge on any atom is -0.508 e. The summed E-state index contributed by atoms with van der Waals surface area (Å²) in [7, 11) is 2.80. The lowest BCUT2D eigenvalue weighted by Gasteiger charge is -2.02. The zero-order valence-corrected chi connectivity index (χ0v) is 8.56. The van der Waals surface area contributed by atoms with Crippen LogP contribution in [0, 0.1) is 0 Å². The Labute approximate surface area is 87.7 Å². The maximum absolute atomic E-state index is 10.8. The van der Waals surface area contributed by atoms with Gasteiger partial charge in [0.1, 0.15) is 11.5 Å². The average Bonchev–Trinajstić information content (AvgIpc) is 2.25. The largest absolute Gasteiger partial charge is 0.508 e. The summed E-state index contributed by atoms with van der Waals surface area (Å²) in [5.41, 5.74) is 0.664. The standard InChI is InChI=1S/C11H12O4/c1-14-10-6-8(5-9(12)7-10)3-4-11(13)15-2/h3-7,12H,1-2H3/b4-3+. The van der Waals surface area contributed by atoms with Gasteiger partial charge in [0.2, 0.25) is 0 Å². The molecule has 1 rings (SSSR count). The van der Waals surface area contributed by atoms with Gasteiger partial charge in [0.25, 0.3) is 0 Å². The third-order valence-electron chi connectivity index (χ3n) is 1.76. The van der Waals surface area contributed by atoms with E-state index in [1.807, 2.05) is 0 Å². The van der Waals surface area contributed by atoms with E-state index in [4.69, 9.17) is 4.74 Å². The number of esters is 1. The van der Waals surface area contributed by atoms with Gasteiger partial charge in [-0.05, 0) is 23.8 Å². The smallest absolute Gasteiger partial charge is 0.330 e. The third kappa shape index (κ3) is 3.34. The highest BCUT2D eigenvalue weighted by Crippen LogP contribution is 2.22. The fraction of sp³-hybridized carbons (Fsp3) is 0.182. The van der Waals surface area contributed by atoms with Crippen molar-refractivity contribution in [3.63, 3.8) is 0 Å². The predicted octanol–water partition coefficient (Wildman–Crippen LogP) is 1.59. The summed E-state index contributed by atoms with van der Waals surface area (Å²) in [6.45, 7) is 0. The normalized spacial score (nSPS) is 10.3. The fourth-order valence-corrected chi connectivity index (χ4v) is 1.05. The molecule has 0 amide bonds. The maximum atomic E-state index is 10.8. The fourth-order valence-electron chi connectivity index (χ4n) is 1.05. The van der Waals surface area contributed by atoms with Crippen LogP contribution in [0.5, 0.6) is 11.5 Å². The van der Waals surface area contributed by atoms with Crippen molar-refractivity contribution in [3.8, 4) is 11.5 Å². The molecule has 0 saturated carbocycles. The first kappa shape index (κ1) is 11.1. The van der Waals surface area contributed by atoms with E-state index in [-0.39, 0.29) is 5.75 Å². The Morgan fingerprint density at radius 1 is 1.33 bits per heavy atom. The van der Waals surface area contributed by atoms with Gasteiger partial charge in [0, 0.05) is 12.1 Å². The van der Waals surface area contributed by atoms with E-state index >= 15 is 0 Å². The number of hydrogen-bond acceptors (Lipinski definition) is 4. The molecule has 0 saturated heterocycles. The summed E-state index contributed by atoms with van der Waals surface area (Å²) < 4.78 is 9.40. The maximum Gasteiger partial charge on any atom is 0.330 e. The molecule has 1 N–H and O–H groups in total. The van der Waals surface area contributed by atoms with Gasteiger partial charge in [-0.1, -0.05) is 0 Å². The van der Waals surface area contributed by atoms with E-state index in [2.05, 4.69) is 4.74 Å². The van der Waals surface area contributed by atoms with Gasteiger partial charge in [-0.2, -0.15) is 0 Å². The lowest BCUT2D eigenvalue weighted by Crippen LogP contribution is -1.93. The molecule has 4 nitrogen and oxygen atoms in total. The summed E-state index contributed by atoms with van der Waals surface area (Å²) in [5.74, 6) is 0.163. The van der Waals surface area contributed by atoms with E-state index in [1.54, 1.807) is 6.07 Å². The van der Waals surface area contributed by atoms with Gasteiger partial charge >= 0.3 is 5.97 Å². The van der Waals surface area contributed by atoms with Gasteiger partial charge in [-0.3, -0.25) is 0 Å². The second-order valence-electron chi connectivity index (χ2n) is 2.82. The molecule has 0 spiro atoms. The number of phenolic OH excluding ortho intramolecular Hbond substituents is 1. The monoisotopic (exact) mass is 208 g/mol. The Morgan fingerprint density at radius 2 is 2.07 bits per heavy atom. The third-order valence-corrected chi connectivity index (χ3v) is 1.76. The molecule has 15 heavy (non-hydrogen) atoms. The van der Waals surface area contributed by atoms with Crippen molar-refractivity contribution in [2.24, 2.45) is 0 Å². The second-order valence-corrected chi connectivity index (χ2v) is 2.82. The quantitative estimate of drug-likeness (QED) is 0.605. The number of phenols is 1. The molecule has 1 aromatic rings. The number of rotatable bonds is 3. The Bertz CT molecular complexity index is 382. The Morgan fingerprint density at radius 3 is 2.67 bits per heavy atom. The molecule has 4 heteroatoms. The minimum atomic E-state index is -0.447. The second kappa shape index (κ2) is 5.05. The van der Waals surface area contributed by atoms with Crippen LogP contribution in [0.3, 0.4) is 0 Å². The zero-order chi connectivity index (χ0) is 11.3. The molecular weight excluding hydrogens is 196 g/mol. The van der Waals surface area contributed by atoms with Crippen molar-refractivity contribution >= 4 is 12.0 Å². The number of carbonyl (C=O) groups is 1. The van der Waals surface area contributed by atoms with Crippen molar-refractivity contribution < 1.29 is 19.4 Å². The molecule has 0 heterocycles. The molecule has 0 bridgehead atoms. The van der Waals surface area contributed by atoms with Crippen LogP contribution in [0.2, 0.25) is 0 Å². The van der Waals surface area contributed by atoms with Crippen molar-refractivity contribution in [3.05, 3.63) is 29.8 Å². The first-order valence-corrected chi connectivity index (χ1v) is 4.30. The molecule has 0 aliphatic heterocycles. The van der Waals surface area contributed by atoms with Gasteiger partial charge in [-0.15, -0.1) is 0 Å². The topological polar surface area (TPSA) is 55.8 Å². The highest BCUT2D eigenvalue weighted by Gasteiger charge is 1.98. The zero-order valence-electron chi connectivity index (χ0n) is 8.56. The van der Waals surface area contributed by atoms with E-state index in [0.29, 0.717) is 11.3 Å². The molecule has 0 aliphatic carbocycles. The number of hydrogen-bond donors (Lipinski definition) is 1. The summed E-state index contributed by atoms with van der Waals surface area (Å²) in [5, 5.41) is 9.32. The summed E-state index contributed by atoms with van der Waals surface area (Å²) in [4.78, 5) is 10.8. The Hall–Kier alpha value is -1.97. The number of aromatic hydroxyl groups is 1. The van der Waals surface area contributed by atoms with E-state index < -0.39 is 5.97 Å². The Balaban J connectivity index is 2.90. The number of ether oxygens (including phenoxy) is 2. The molecule has 0 unspecified atom stereocenters. The van der Waals surface area contributed by atoms with Crippen molar-refractivity contribution in [1.82, 2.24) is 0 Å². The van der Waals surface area contributed by atoms with Gasteiger partial charge in [0.15, 0.2) is 0 Å². The lowest BCUT2D eigenvalue weighted by molar-refractivity contribution is -0.134. The van der Waals surface area contributed by atoms with Crippen molar-refractivity contribution in [2.75, 3.05) is 14.2 Å². The van der Waals surface area contributed by atoms with Gasteiger partial charge in [-0.25, -0.2) is 4.79 Å². The average molecular weight is 208 g/mol. The molecule has 0 aliphatic rings. The van der Waals surface area contributed by atoms with Crippen LogP contribution >= 0.6 is 0 Å². The molecular formula is C11H12O4. The molecule has 0 radical (unpaired) electrons. The number of methoxy groups -OCH3 is 2. The van der Waals surface area contributed by atoms with Crippen LogP contribution in [-0.2, 0) is 9.53 Å². The van der Waals surface area contributed by atoms with Crippen LogP contribution < -0.4 is 4.74 Å². The Kier molecular flexibility index (Phi) is 3.74.